The van der Waals surface area contributed by atoms with Crippen LogP contribution in [0, 0.1) is 5.92 Å². The van der Waals surface area contributed by atoms with Gasteiger partial charge in [-0.2, -0.15) is 0 Å². The van der Waals surface area contributed by atoms with Gasteiger partial charge in [0.2, 0.25) is 0 Å². The number of hydrogen-bond donors (Lipinski definition) is 0. The first-order valence-electron chi connectivity index (χ1n) is 5.46. The molecule has 0 aliphatic heterocycles. The standard InChI is InChI=1S/C10H20ClNO2S/c1-3-15(13,14)5-4-12(2)8-9-6-10(11)7-9/h9-10H,3-8H2,1-2H3. The van der Waals surface area contributed by atoms with Gasteiger partial charge in [0.05, 0.1) is 5.75 Å². The van der Waals surface area contributed by atoms with Gasteiger partial charge in [-0.15, -0.1) is 11.6 Å². The summed E-state index contributed by atoms with van der Waals surface area (Å²) in [5.74, 6) is 1.19. The van der Waals surface area contributed by atoms with Gasteiger partial charge in [0.1, 0.15) is 0 Å². The van der Waals surface area contributed by atoms with Crippen LogP contribution in [0.1, 0.15) is 19.8 Å². The molecule has 1 fully saturated rings. The lowest BCUT2D eigenvalue weighted by Gasteiger charge is -2.34. The molecule has 0 aromatic heterocycles. The van der Waals surface area contributed by atoms with E-state index in [9.17, 15) is 8.42 Å². The number of alkyl halides is 1. The average molecular weight is 254 g/mol. The number of halogens is 1. The molecule has 0 bridgehead atoms. The first kappa shape index (κ1) is 13.3. The number of hydrogen-bond acceptors (Lipinski definition) is 3. The third-order valence-corrected chi connectivity index (χ3v) is 5.01. The molecule has 0 radical (unpaired) electrons. The topological polar surface area (TPSA) is 37.4 Å². The minimum Gasteiger partial charge on any atom is -0.305 e. The lowest BCUT2D eigenvalue weighted by Crippen LogP contribution is -2.36. The minimum atomic E-state index is -2.82. The first-order valence-corrected chi connectivity index (χ1v) is 7.71. The van der Waals surface area contributed by atoms with E-state index in [-0.39, 0.29) is 11.5 Å². The molecule has 1 aliphatic rings. The summed E-state index contributed by atoms with van der Waals surface area (Å²) in [5, 5.41) is 0.350. The molecule has 90 valence electrons. The van der Waals surface area contributed by atoms with E-state index in [0.717, 1.165) is 19.4 Å². The van der Waals surface area contributed by atoms with E-state index in [0.29, 0.717) is 17.8 Å². The quantitative estimate of drug-likeness (QED) is 0.671. The van der Waals surface area contributed by atoms with E-state index in [1.165, 1.54) is 0 Å². The van der Waals surface area contributed by atoms with Gasteiger partial charge in [-0.3, -0.25) is 0 Å². The van der Waals surface area contributed by atoms with Crippen molar-refractivity contribution in [2.24, 2.45) is 5.92 Å². The van der Waals surface area contributed by atoms with Gasteiger partial charge >= 0.3 is 0 Å². The predicted octanol–water partition coefficient (Wildman–Crippen LogP) is 1.37. The zero-order chi connectivity index (χ0) is 11.5. The summed E-state index contributed by atoms with van der Waals surface area (Å²) >= 11 is 5.88. The molecule has 0 spiro atoms. The molecule has 5 heteroatoms. The molecule has 0 aromatic carbocycles. The van der Waals surface area contributed by atoms with Crippen molar-refractivity contribution in [2.75, 3.05) is 31.6 Å². The second-order valence-electron chi connectivity index (χ2n) is 4.43. The molecule has 0 heterocycles. The van der Waals surface area contributed by atoms with Crippen LogP contribution in [0.25, 0.3) is 0 Å². The summed E-state index contributed by atoms with van der Waals surface area (Å²) < 4.78 is 22.6. The summed E-state index contributed by atoms with van der Waals surface area (Å²) in [6.45, 7) is 3.31. The highest BCUT2D eigenvalue weighted by molar-refractivity contribution is 7.91. The first-order chi connectivity index (χ1) is 6.93. The Kier molecular flexibility index (Phi) is 4.87. The summed E-state index contributed by atoms with van der Waals surface area (Å²) in [7, 11) is -0.839. The maximum atomic E-state index is 11.3. The highest BCUT2D eigenvalue weighted by Crippen LogP contribution is 2.32. The van der Waals surface area contributed by atoms with Crippen molar-refractivity contribution in [3.8, 4) is 0 Å². The Morgan fingerprint density at radius 1 is 1.40 bits per heavy atom. The van der Waals surface area contributed by atoms with Gasteiger partial charge in [-0.05, 0) is 25.8 Å². The molecule has 0 aromatic rings. The Hall–Kier alpha value is 0.200. The summed E-state index contributed by atoms with van der Waals surface area (Å²) in [6.07, 6.45) is 2.15. The summed E-state index contributed by atoms with van der Waals surface area (Å²) in [5.41, 5.74) is 0. The van der Waals surface area contributed by atoms with Crippen LogP contribution < -0.4 is 0 Å². The van der Waals surface area contributed by atoms with Crippen LogP contribution in [0.5, 0.6) is 0 Å². The molecule has 0 saturated heterocycles. The highest BCUT2D eigenvalue weighted by atomic mass is 35.5. The van der Waals surface area contributed by atoms with Gasteiger partial charge in [-0.1, -0.05) is 6.92 Å². The second kappa shape index (κ2) is 5.51. The van der Waals surface area contributed by atoms with Crippen molar-refractivity contribution in [1.82, 2.24) is 4.90 Å². The van der Waals surface area contributed by atoms with Crippen LogP contribution in [0.4, 0.5) is 0 Å². The zero-order valence-corrected chi connectivity index (χ0v) is 11.0. The van der Waals surface area contributed by atoms with Gasteiger partial charge in [0.15, 0.2) is 9.84 Å². The number of nitrogens with zero attached hydrogens (tertiary/aromatic N) is 1. The number of sulfone groups is 1. The fraction of sp³-hybridized carbons (Fsp3) is 1.00. The van der Waals surface area contributed by atoms with Crippen LogP contribution >= 0.6 is 11.6 Å². The van der Waals surface area contributed by atoms with Crippen molar-refractivity contribution in [3.05, 3.63) is 0 Å². The fourth-order valence-electron chi connectivity index (χ4n) is 1.77. The van der Waals surface area contributed by atoms with E-state index in [2.05, 4.69) is 4.90 Å². The van der Waals surface area contributed by atoms with E-state index < -0.39 is 9.84 Å². The van der Waals surface area contributed by atoms with Gasteiger partial charge in [0.25, 0.3) is 0 Å². The number of rotatable bonds is 6. The molecule has 0 atom stereocenters. The third-order valence-electron chi connectivity index (χ3n) is 2.97. The summed E-state index contributed by atoms with van der Waals surface area (Å²) in [6, 6.07) is 0. The molecule has 3 nitrogen and oxygen atoms in total. The Balaban J connectivity index is 2.16. The van der Waals surface area contributed by atoms with E-state index in [1.54, 1.807) is 6.92 Å². The van der Waals surface area contributed by atoms with E-state index in [1.807, 2.05) is 7.05 Å². The van der Waals surface area contributed by atoms with Crippen LogP contribution in [0.15, 0.2) is 0 Å². The van der Waals surface area contributed by atoms with Gasteiger partial charge in [0, 0.05) is 24.2 Å². The molecule has 15 heavy (non-hydrogen) atoms. The predicted molar refractivity (Wildman–Crippen MR) is 64.2 cm³/mol. The Morgan fingerprint density at radius 2 is 2.00 bits per heavy atom. The second-order valence-corrected chi connectivity index (χ2v) is 7.52. The normalized spacial score (nSPS) is 26.7. The van der Waals surface area contributed by atoms with Crippen molar-refractivity contribution in [1.29, 1.82) is 0 Å². The van der Waals surface area contributed by atoms with Crippen LogP contribution in [0.2, 0.25) is 0 Å². The Bertz CT molecular complexity index is 286. The fourth-order valence-corrected chi connectivity index (χ4v) is 3.16. The molecule has 1 aliphatic carbocycles. The molecule has 0 unspecified atom stereocenters. The van der Waals surface area contributed by atoms with Crippen molar-refractivity contribution >= 4 is 21.4 Å². The van der Waals surface area contributed by atoms with E-state index >= 15 is 0 Å². The maximum absolute atomic E-state index is 11.3. The van der Waals surface area contributed by atoms with Crippen LogP contribution in [-0.4, -0.2) is 50.3 Å². The molecular formula is C10H20ClNO2S. The monoisotopic (exact) mass is 253 g/mol. The SMILES string of the molecule is CCS(=O)(=O)CCN(C)CC1CC(Cl)C1. The van der Waals surface area contributed by atoms with Crippen LogP contribution in [-0.2, 0) is 9.84 Å². The van der Waals surface area contributed by atoms with E-state index in [4.69, 9.17) is 11.6 Å². The third kappa shape index (κ3) is 4.70. The lowest BCUT2D eigenvalue weighted by molar-refractivity contribution is 0.216. The van der Waals surface area contributed by atoms with Gasteiger partial charge in [-0.25, -0.2) is 8.42 Å². The zero-order valence-electron chi connectivity index (χ0n) is 9.45. The highest BCUT2D eigenvalue weighted by Gasteiger charge is 2.27. The van der Waals surface area contributed by atoms with Crippen molar-refractivity contribution in [2.45, 2.75) is 25.1 Å². The average Bonchev–Trinajstić information content (AvgIpc) is 2.13. The lowest BCUT2D eigenvalue weighted by atomic mass is 9.84. The Morgan fingerprint density at radius 3 is 2.47 bits per heavy atom. The smallest absolute Gasteiger partial charge is 0.151 e. The van der Waals surface area contributed by atoms with Crippen LogP contribution in [0.3, 0.4) is 0 Å². The van der Waals surface area contributed by atoms with Gasteiger partial charge < -0.3 is 4.90 Å². The maximum Gasteiger partial charge on any atom is 0.151 e. The molecule has 0 N–H and O–H groups in total. The van der Waals surface area contributed by atoms with Crippen molar-refractivity contribution in [3.63, 3.8) is 0 Å². The molecular weight excluding hydrogens is 234 g/mol. The largest absolute Gasteiger partial charge is 0.305 e. The van der Waals surface area contributed by atoms with Crippen molar-refractivity contribution < 1.29 is 8.42 Å². The molecule has 1 saturated carbocycles. The molecule has 1 rings (SSSR count). The summed E-state index contributed by atoms with van der Waals surface area (Å²) in [4.78, 5) is 2.10. The minimum absolute atomic E-state index is 0.244. The molecule has 0 amide bonds. The Labute approximate surface area is 97.7 Å².